The van der Waals surface area contributed by atoms with Crippen molar-refractivity contribution in [2.24, 2.45) is 0 Å². The third-order valence-corrected chi connectivity index (χ3v) is 3.57. The Morgan fingerprint density at radius 3 is 2.43 bits per heavy atom. The van der Waals surface area contributed by atoms with Crippen molar-refractivity contribution in [1.29, 1.82) is 0 Å². The van der Waals surface area contributed by atoms with Crippen LogP contribution in [0.1, 0.15) is 45.6 Å². The van der Waals surface area contributed by atoms with Crippen LogP contribution in [-0.4, -0.2) is 29.8 Å². The maximum Gasteiger partial charge on any atom is 0.323 e. The molecule has 118 valence electrons. The van der Waals surface area contributed by atoms with E-state index in [9.17, 15) is 9.90 Å². The summed E-state index contributed by atoms with van der Waals surface area (Å²) in [6.45, 7) is 6.95. The first kappa shape index (κ1) is 17.5. The third kappa shape index (κ3) is 5.76. The van der Waals surface area contributed by atoms with Crippen LogP contribution in [0, 0.1) is 0 Å². The average Bonchev–Trinajstić information content (AvgIpc) is 2.47. The van der Waals surface area contributed by atoms with Gasteiger partial charge in [0.1, 0.15) is 11.3 Å². The molecule has 0 saturated heterocycles. The smallest absolute Gasteiger partial charge is 0.323 e. The Labute approximate surface area is 127 Å². The summed E-state index contributed by atoms with van der Waals surface area (Å²) in [6.07, 6.45) is 3.53. The molecule has 1 unspecified atom stereocenters. The lowest BCUT2D eigenvalue weighted by atomic mass is 9.98. The van der Waals surface area contributed by atoms with Gasteiger partial charge in [-0.05, 0) is 44.0 Å². The van der Waals surface area contributed by atoms with Crippen molar-refractivity contribution in [2.75, 3.05) is 13.2 Å². The fraction of sp³-hybridized carbons (Fsp3) is 0.588. The number of aliphatic carboxylic acids is 1. The van der Waals surface area contributed by atoms with Gasteiger partial charge in [0.25, 0.3) is 0 Å². The van der Waals surface area contributed by atoms with E-state index >= 15 is 0 Å². The summed E-state index contributed by atoms with van der Waals surface area (Å²) in [5.74, 6) is -0.0454. The van der Waals surface area contributed by atoms with Gasteiger partial charge in [-0.2, -0.15) is 0 Å². The lowest BCUT2D eigenvalue weighted by Crippen LogP contribution is -2.50. The van der Waals surface area contributed by atoms with Gasteiger partial charge in [0, 0.05) is 6.42 Å². The zero-order chi connectivity index (χ0) is 15.7. The van der Waals surface area contributed by atoms with Crippen LogP contribution in [0.4, 0.5) is 0 Å². The van der Waals surface area contributed by atoms with Crippen LogP contribution in [0.15, 0.2) is 24.3 Å². The molecule has 1 atom stereocenters. The van der Waals surface area contributed by atoms with E-state index in [1.165, 1.54) is 5.56 Å². The number of ether oxygens (including phenoxy) is 1. The summed E-state index contributed by atoms with van der Waals surface area (Å²) in [6, 6.07) is 8.01. The fourth-order valence-corrected chi connectivity index (χ4v) is 2.09. The highest BCUT2D eigenvalue weighted by molar-refractivity contribution is 5.78. The Kier molecular flexibility index (Phi) is 7.23. The second-order valence-corrected chi connectivity index (χ2v) is 5.56. The number of carboxylic acids is 1. The lowest BCUT2D eigenvalue weighted by Gasteiger charge is -2.26. The molecule has 21 heavy (non-hydrogen) atoms. The standard InChI is InChI=1S/C17H27NO3/c1-4-6-14-7-9-15(10-8-14)21-13-11-17(3,16(19)20)18-12-5-2/h7-10,18H,4-6,11-13H2,1-3H3,(H,19,20). The molecule has 0 bridgehead atoms. The molecule has 0 aliphatic rings. The molecule has 0 saturated carbocycles. The Morgan fingerprint density at radius 2 is 1.90 bits per heavy atom. The molecule has 0 aromatic heterocycles. The fourth-order valence-electron chi connectivity index (χ4n) is 2.09. The van der Waals surface area contributed by atoms with E-state index in [0.717, 1.165) is 25.0 Å². The molecule has 1 aromatic carbocycles. The summed E-state index contributed by atoms with van der Waals surface area (Å²) in [4.78, 5) is 11.4. The number of rotatable bonds is 10. The summed E-state index contributed by atoms with van der Waals surface area (Å²) in [5, 5.41) is 12.4. The highest BCUT2D eigenvalue weighted by Gasteiger charge is 2.31. The minimum absolute atomic E-state index is 0.382. The number of benzene rings is 1. The Hall–Kier alpha value is -1.55. The molecule has 4 nitrogen and oxygen atoms in total. The van der Waals surface area contributed by atoms with E-state index in [0.29, 0.717) is 19.6 Å². The third-order valence-electron chi connectivity index (χ3n) is 3.57. The van der Waals surface area contributed by atoms with E-state index in [1.54, 1.807) is 6.92 Å². The second kappa shape index (κ2) is 8.67. The van der Waals surface area contributed by atoms with Crippen molar-refractivity contribution in [3.05, 3.63) is 29.8 Å². The molecule has 0 aliphatic carbocycles. The molecule has 0 amide bonds. The van der Waals surface area contributed by atoms with Crippen molar-refractivity contribution in [3.8, 4) is 5.75 Å². The molecule has 0 radical (unpaired) electrons. The van der Waals surface area contributed by atoms with E-state index < -0.39 is 11.5 Å². The summed E-state index contributed by atoms with van der Waals surface area (Å²) in [5.41, 5.74) is 0.364. The van der Waals surface area contributed by atoms with Crippen LogP contribution in [0.3, 0.4) is 0 Å². The zero-order valence-electron chi connectivity index (χ0n) is 13.3. The molecule has 0 heterocycles. The highest BCUT2D eigenvalue weighted by atomic mass is 16.5. The molecule has 0 fully saturated rings. The number of hydrogen-bond donors (Lipinski definition) is 2. The predicted octanol–water partition coefficient (Wildman–Crippen LogP) is 3.25. The topological polar surface area (TPSA) is 58.6 Å². The maximum absolute atomic E-state index is 11.4. The van der Waals surface area contributed by atoms with E-state index in [1.807, 2.05) is 19.1 Å². The molecular weight excluding hydrogens is 266 g/mol. The van der Waals surface area contributed by atoms with Gasteiger partial charge in [0.15, 0.2) is 0 Å². The van der Waals surface area contributed by atoms with Gasteiger partial charge in [0.05, 0.1) is 6.61 Å². The van der Waals surface area contributed by atoms with E-state index in [2.05, 4.69) is 24.4 Å². The van der Waals surface area contributed by atoms with Crippen LogP contribution < -0.4 is 10.1 Å². The molecule has 0 spiro atoms. The van der Waals surface area contributed by atoms with Gasteiger partial charge in [-0.25, -0.2) is 0 Å². The second-order valence-electron chi connectivity index (χ2n) is 5.56. The van der Waals surface area contributed by atoms with Gasteiger partial charge in [-0.3, -0.25) is 4.79 Å². The molecule has 0 aliphatic heterocycles. The first-order valence-corrected chi connectivity index (χ1v) is 7.72. The normalized spacial score (nSPS) is 13.7. The van der Waals surface area contributed by atoms with Crippen LogP contribution in [0.25, 0.3) is 0 Å². The van der Waals surface area contributed by atoms with Crippen molar-refractivity contribution in [3.63, 3.8) is 0 Å². The van der Waals surface area contributed by atoms with Crippen molar-refractivity contribution in [2.45, 2.75) is 52.0 Å². The average molecular weight is 293 g/mol. The van der Waals surface area contributed by atoms with Crippen molar-refractivity contribution >= 4 is 5.97 Å². The number of hydrogen-bond acceptors (Lipinski definition) is 3. The van der Waals surface area contributed by atoms with Crippen LogP contribution in [0.2, 0.25) is 0 Å². The molecule has 1 rings (SSSR count). The van der Waals surface area contributed by atoms with Gasteiger partial charge in [-0.15, -0.1) is 0 Å². The van der Waals surface area contributed by atoms with E-state index in [4.69, 9.17) is 4.74 Å². The minimum Gasteiger partial charge on any atom is -0.494 e. The Bertz CT molecular complexity index is 430. The van der Waals surface area contributed by atoms with Crippen molar-refractivity contribution in [1.82, 2.24) is 5.32 Å². The molecule has 4 heteroatoms. The molecule has 2 N–H and O–H groups in total. The van der Waals surface area contributed by atoms with Gasteiger partial charge in [0.2, 0.25) is 0 Å². The van der Waals surface area contributed by atoms with Gasteiger partial charge < -0.3 is 15.2 Å². The zero-order valence-corrected chi connectivity index (χ0v) is 13.3. The number of nitrogens with one attached hydrogen (secondary N) is 1. The highest BCUT2D eigenvalue weighted by Crippen LogP contribution is 2.16. The first-order valence-electron chi connectivity index (χ1n) is 7.72. The Morgan fingerprint density at radius 1 is 1.24 bits per heavy atom. The lowest BCUT2D eigenvalue weighted by molar-refractivity contribution is -0.144. The van der Waals surface area contributed by atoms with Crippen molar-refractivity contribution < 1.29 is 14.6 Å². The summed E-state index contributed by atoms with van der Waals surface area (Å²) < 4.78 is 5.66. The number of carboxylic acid groups (broad SMARTS) is 1. The molecule has 1 aromatic rings. The SMILES string of the molecule is CCCNC(C)(CCOc1ccc(CCC)cc1)C(=O)O. The maximum atomic E-state index is 11.4. The number of aryl methyl sites for hydroxylation is 1. The quantitative estimate of drug-likeness (QED) is 0.695. The van der Waals surface area contributed by atoms with Gasteiger partial charge >= 0.3 is 5.97 Å². The summed E-state index contributed by atoms with van der Waals surface area (Å²) >= 11 is 0. The van der Waals surface area contributed by atoms with E-state index in [-0.39, 0.29) is 0 Å². The summed E-state index contributed by atoms with van der Waals surface area (Å²) in [7, 11) is 0. The predicted molar refractivity (Wildman–Crippen MR) is 84.9 cm³/mol. The van der Waals surface area contributed by atoms with Crippen LogP contribution in [0.5, 0.6) is 5.75 Å². The van der Waals surface area contributed by atoms with Gasteiger partial charge in [-0.1, -0.05) is 32.4 Å². The van der Waals surface area contributed by atoms with Crippen LogP contribution >= 0.6 is 0 Å². The minimum atomic E-state index is -0.932. The van der Waals surface area contributed by atoms with Crippen LogP contribution in [-0.2, 0) is 11.2 Å². The Balaban J connectivity index is 2.48. The molecular formula is C17H27NO3. The largest absolute Gasteiger partial charge is 0.494 e. The number of carbonyl (C=O) groups is 1. The monoisotopic (exact) mass is 293 g/mol. The first-order chi connectivity index (χ1) is 10.0.